The van der Waals surface area contributed by atoms with Gasteiger partial charge in [0.05, 0.1) is 0 Å². The zero-order valence-electron chi connectivity index (χ0n) is 8.78. The molecule has 1 aliphatic carbocycles. The van der Waals surface area contributed by atoms with Crippen molar-refractivity contribution in [1.29, 1.82) is 0 Å². The summed E-state index contributed by atoms with van der Waals surface area (Å²) in [6.07, 6.45) is 25.5. The molecule has 0 N–H and O–H groups in total. The predicted molar refractivity (Wildman–Crippen MR) is 62.9 cm³/mol. The van der Waals surface area contributed by atoms with E-state index in [4.69, 9.17) is 0 Å². The van der Waals surface area contributed by atoms with Crippen LogP contribution < -0.4 is 0 Å². The molecule has 0 heteroatoms. The van der Waals surface area contributed by atoms with E-state index in [1.165, 1.54) is 19.3 Å². The maximum absolute atomic E-state index is 3.25. The van der Waals surface area contributed by atoms with Crippen molar-refractivity contribution in [3.63, 3.8) is 0 Å². The van der Waals surface area contributed by atoms with Gasteiger partial charge in [-0.3, -0.25) is 0 Å². The lowest BCUT2D eigenvalue weighted by Gasteiger charge is -1.91. The molecule has 0 spiro atoms. The Kier molecular flexibility index (Phi) is 6.74. The maximum atomic E-state index is 3.25. The van der Waals surface area contributed by atoms with Crippen molar-refractivity contribution in [2.24, 2.45) is 0 Å². The van der Waals surface area contributed by atoms with E-state index in [1.807, 2.05) is 0 Å². The van der Waals surface area contributed by atoms with Crippen LogP contribution in [-0.4, -0.2) is 0 Å². The summed E-state index contributed by atoms with van der Waals surface area (Å²) < 4.78 is 0. The molecule has 0 atom stereocenters. The molecule has 0 aromatic carbocycles. The Morgan fingerprint density at radius 1 is 0.714 bits per heavy atom. The van der Waals surface area contributed by atoms with E-state index in [2.05, 4.69) is 48.6 Å². The summed E-state index contributed by atoms with van der Waals surface area (Å²) in [7, 11) is 0. The smallest absolute Gasteiger partial charge is 0.00977 e. The van der Waals surface area contributed by atoms with Gasteiger partial charge >= 0.3 is 0 Å². The molecule has 0 amide bonds. The van der Waals surface area contributed by atoms with E-state index >= 15 is 0 Å². The number of hydrogen-bond donors (Lipinski definition) is 0. The van der Waals surface area contributed by atoms with Crippen molar-refractivity contribution in [3.05, 3.63) is 48.6 Å². The third-order valence-corrected chi connectivity index (χ3v) is 2.15. The van der Waals surface area contributed by atoms with Crippen molar-refractivity contribution in [3.8, 4) is 0 Å². The van der Waals surface area contributed by atoms with Crippen molar-refractivity contribution in [1.82, 2.24) is 0 Å². The Morgan fingerprint density at radius 2 is 1.43 bits per heavy atom. The van der Waals surface area contributed by atoms with E-state index < -0.39 is 0 Å². The van der Waals surface area contributed by atoms with E-state index in [0.717, 1.165) is 19.3 Å². The Balaban J connectivity index is 2.34. The first-order chi connectivity index (χ1) is 7.00. The van der Waals surface area contributed by atoms with Crippen molar-refractivity contribution >= 4 is 0 Å². The molecule has 0 fully saturated rings. The van der Waals surface area contributed by atoms with Gasteiger partial charge in [0, 0.05) is 0 Å². The average Bonchev–Trinajstić information content (AvgIpc) is 2.22. The molecule has 0 bridgehead atoms. The van der Waals surface area contributed by atoms with Crippen molar-refractivity contribution < 1.29 is 0 Å². The van der Waals surface area contributed by atoms with Gasteiger partial charge in [-0.15, -0.1) is 0 Å². The lowest BCUT2D eigenvalue weighted by atomic mass is 10.2. The summed E-state index contributed by atoms with van der Waals surface area (Å²) in [6, 6.07) is 0. The number of hydrogen-bond acceptors (Lipinski definition) is 0. The third-order valence-electron chi connectivity index (χ3n) is 2.15. The van der Waals surface area contributed by atoms with Crippen LogP contribution in [0.15, 0.2) is 42.5 Å². The van der Waals surface area contributed by atoms with Crippen LogP contribution in [0.4, 0.5) is 0 Å². The second-order valence-electron chi connectivity index (χ2n) is 3.43. The highest BCUT2D eigenvalue weighted by molar-refractivity contribution is 4.97. The first kappa shape index (κ1) is 11.0. The molecular weight excluding hydrogens is 168 g/mol. The molecule has 0 nitrogen and oxygen atoms in total. The van der Waals surface area contributed by atoms with Gasteiger partial charge in [-0.2, -0.15) is 0 Å². The average molecular weight is 187 g/mol. The van der Waals surface area contributed by atoms with E-state index in [9.17, 15) is 0 Å². The van der Waals surface area contributed by atoms with Crippen molar-refractivity contribution in [2.45, 2.75) is 38.5 Å². The van der Waals surface area contributed by atoms with Gasteiger partial charge in [-0.05, 0) is 44.6 Å². The Morgan fingerprint density at radius 3 is 2.29 bits per heavy atom. The molecule has 1 rings (SSSR count). The van der Waals surface area contributed by atoms with E-state index in [0.29, 0.717) is 0 Å². The van der Waals surface area contributed by atoms with Crippen LogP contribution in [-0.2, 0) is 0 Å². The summed E-state index contributed by atoms with van der Waals surface area (Å²) in [5.74, 6) is 0. The minimum atomic E-state index is 0.946. The Labute approximate surface area is 87.7 Å². The van der Waals surface area contributed by atoms with Crippen LogP contribution in [0.2, 0.25) is 0 Å². The minimum Gasteiger partial charge on any atom is -0.0882 e. The summed E-state index contributed by atoms with van der Waals surface area (Å²) in [5.41, 5.74) is 0. The molecule has 0 aliphatic heterocycles. The first-order valence-electron chi connectivity index (χ1n) is 5.50. The zero-order valence-corrected chi connectivity index (χ0v) is 8.78. The second kappa shape index (κ2) is 8.55. The van der Waals surface area contributed by atoms with Gasteiger partial charge in [0.2, 0.25) is 0 Å². The molecule has 0 heterocycles. The highest BCUT2D eigenvalue weighted by atomic mass is 13.9. The van der Waals surface area contributed by atoms with Crippen LogP contribution >= 0.6 is 0 Å². The largest absolute Gasteiger partial charge is 0.0882 e. The van der Waals surface area contributed by atoms with E-state index in [-0.39, 0.29) is 0 Å². The Hall–Kier alpha value is -1.04. The van der Waals surface area contributed by atoms with Crippen molar-refractivity contribution in [2.75, 3.05) is 0 Å². The monoisotopic (exact) mass is 187 g/mol. The maximum Gasteiger partial charge on any atom is -0.00977 e. The molecule has 0 aromatic heterocycles. The summed E-state index contributed by atoms with van der Waals surface area (Å²) >= 11 is 0. The molecule has 1 radical (unpaired) electrons. The summed E-state index contributed by atoms with van der Waals surface area (Å²) in [6.45, 7) is 0. The first-order valence-corrected chi connectivity index (χ1v) is 5.50. The number of allylic oxidation sites excluding steroid dienone is 8. The van der Waals surface area contributed by atoms with Crippen LogP contribution in [0.3, 0.4) is 0 Å². The zero-order chi connectivity index (χ0) is 9.90. The fourth-order valence-corrected chi connectivity index (χ4v) is 1.34. The Bertz CT molecular complexity index is 204. The van der Waals surface area contributed by atoms with Crippen LogP contribution in [0.25, 0.3) is 0 Å². The number of rotatable bonds is 0. The normalized spacial score (nSPS) is 28.6. The molecule has 1 aliphatic rings. The molecule has 14 heavy (non-hydrogen) atoms. The van der Waals surface area contributed by atoms with Crippen LogP contribution in [0, 0.1) is 6.08 Å². The molecule has 0 saturated heterocycles. The molecule has 0 aromatic rings. The summed E-state index contributed by atoms with van der Waals surface area (Å²) in [4.78, 5) is 0. The third kappa shape index (κ3) is 6.47. The lowest BCUT2D eigenvalue weighted by Crippen LogP contribution is -1.71. The highest BCUT2D eigenvalue weighted by Gasteiger charge is 1.81. The highest BCUT2D eigenvalue weighted by Crippen LogP contribution is 2.01. The topological polar surface area (TPSA) is 0 Å². The lowest BCUT2D eigenvalue weighted by molar-refractivity contribution is 0.863. The minimum absolute atomic E-state index is 0.946. The van der Waals surface area contributed by atoms with Gasteiger partial charge in [0.15, 0.2) is 0 Å². The quantitative estimate of drug-likeness (QED) is 0.494. The summed E-state index contributed by atoms with van der Waals surface area (Å²) in [5, 5.41) is 0. The van der Waals surface area contributed by atoms with Gasteiger partial charge < -0.3 is 0 Å². The van der Waals surface area contributed by atoms with Gasteiger partial charge in [0.1, 0.15) is 0 Å². The van der Waals surface area contributed by atoms with Gasteiger partial charge in [-0.1, -0.05) is 42.5 Å². The van der Waals surface area contributed by atoms with Gasteiger partial charge in [0.25, 0.3) is 0 Å². The predicted octanol–water partition coefficient (Wildman–Crippen LogP) is 4.37. The second-order valence-corrected chi connectivity index (χ2v) is 3.43. The van der Waals surface area contributed by atoms with Gasteiger partial charge in [-0.25, -0.2) is 0 Å². The van der Waals surface area contributed by atoms with Crippen LogP contribution in [0.1, 0.15) is 38.5 Å². The van der Waals surface area contributed by atoms with E-state index in [1.54, 1.807) is 0 Å². The fourth-order valence-electron chi connectivity index (χ4n) is 1.34. The fraction of sp³-hybridized carbons (Fsp3) is 0.429. The SMILES string of the molecule is [C]1=C/C/C=C/CCC/C=C/C/C=C/C/1. The molecule has 0 saturated carbocycles. The standard InChI is InChI=1S/C14H19/c1-2-4-6-8-10-12-14-13-11-9-7-5-3-1/h1-2,5,7,10,12-13H,3-4,6,8-9,14H2/b2-1+,7-5+,12-10+,13-11?. The molecule has 0 unspecified atom stereocenters. The van der Waals surface area contributed by atoms with Crippen LogP contribution in [0.5, 0.6) is 0 Å². The molecule has 75 valence electrons. The molecular formula is C14H19.